The quantitative estimate of drug-likeness (QED) is 0.796. The molecule has 0 aliphatic heterocycles. The molecule has 0 radical (unpaired) electrons. The first-order valence-corrected chi connectivity index (χ1v) is 7.01. The second-order valence-electron chi connectivity index (χ2n) is 4.61. The summed E-state index contributed by atoms with van der Waals surface area (Å²) >= 11 is 4.94. The fourth-order valence-corrected chi connectivity index (χ4v) is 2.03. The van der Waals surface area contributed by atoms with Crippen LogP contribution in [0, 0.1) is 6.92 Å². The molecule has 0 fully saturated rings. The Labute approximate surface area is 129 Å². The monoisotopic (exact) mass is 302 g/mol. The van der Waals surface area contributed by atoms with Gasteiger partial charge in [0.2, 0.25) is 5.95 Å². The van der Waals surface area contributed by atoms with Crippen molar-refractivity contribution < 1.29 is 4.74 Å². The highest BCUT2D eigenvalue weighted by atomic mass is 32.1. The molecule has 1 aromatic carbocycles. The van der Waals surface area contributed by atoms with E-state index >= 15 is 0 Å². The van der Waals surface area contributed by atoms with E-state index < -0.39 is 0 Å². The van der Waals surface area contributed by atoms with Crippen LogP contribution < -0.4 is 15.8 Å². The number of thiocarbonyl (C=S) groups is 1. The number of hydrogen-bond acceptors (Lipinski definition) is 5. The molecule has 110 valence electrons. The normalized spacial score (nSPS) is 10.2. The maximum atomic E-state index is 5.60. The molecular formula is C15H18N4OS. The van der Waals surface area contributed by atoms with Crippen LogP contribution in [0.5, 0.6) is 5.75 Å². The maximum absolute atomic E-state index is 5.60. The van der Waals surface area contributed by atoms with Crippen LogP contribution in [0.1, 0.15) is 17.0 Å². The summed E-state index contributed by atoms with van der Waals surface area (Å²) in [4.78, 5) is 8.88. The van der Waals surface area contributed by atoms with Gasteiger partial charge in [0.1, 0.15) is 16.4 Å². The van der Waals surface area contributed by atoms with Gasteiger partial charge >= 0.3 is 0 Å². The lowest BCUT2D eigenvalue weighted by molar-refractivity contribution is 0.414. The molecule has 0 saturated heterocycles. The molecule has 6 heteroatoms. The smallest absolute Gasteiger partial charge is 0.223 e. The lowest BCUT2D eigenvalue weighted by Gasteiger charge is -2.08. The highest BCUT2D eigenvalue weighted by molar-refractivity contribution is 7.80. The van der Waals surface area contributed by atoms with Crippen LogP contribution in [0.4, 0.5) is 5.95 Å². The van der Waals surface area contributed by atoms with Gasteiger partial charge in [0.25, 0.3) is 0 Å². The second-order valence-corrected chi connectivity index (χ2v) is 5.05. The number of ether oxygens (including phenoxy) is 1. The van der Waals surface area contributed by atoms with E-state index in [-0.39, 0.29) is 4.99 Å². The van der Waals surface area contributed by atoms with Crippen molar-refractivity contribution in [1.82, 2.24) is 9.97 Å². The molecule has 0 saturated carbocycles. The summed E-state index contributed by atoms with van der Waals surface area (Å²) in [5.41, 5.74) is 8.20. The Morgan fingerprint density at radius 2 is 2.14 bits per heavy atom. The minimum Gasteiger partial charge on any atom is -0.497 e. The van der Waals surface area contributed by atoms with E-state index in [4.69, 9.17) is 22.7 Å². The number of aryl methyl sites for hydroxylation is 1. The predicted octanol–water partition coefficient (Wildman–Crippen LogP) is 2.08. The first-order valence-electron chi connectivity index (χ1n) is 6.61. The van der Waals surface area contributed by atoms with Gasteiger partial charge in [0.15, 0.2) is 0 Å². The Hall–Kier alpha value is -2.21. The van der Waals surface area contributed by atoms with E-state index in [9.17, 15) is 0 Å². The fraction of sp³-hybridized carbons (Fsp3) is 0.267. The van der Waals surface area contributed by atoms with Gasteiger partial charge in [0, 0.05) is 12.2 Å². The Morgan fingerprint density at radius 1 is 1.33 bits per heavy atom. The molecule has 0 bridgehead atoms. The van der Waals surface area contributed by atoms with Crippen molar-refractivity contribution >= 4 is 23.2 Å². The predicted molar refractivity (Wildman–Crippen MR) is 87.8 cm³/mol. The standard InChI is InChI=1S/C15H18N4OS/c1-10-8-13(14(16)21)19-15(18-10)17-7-6-11-4-3-5-12(9-11)20-2/h3-5,8-9H,6-7H2,1-2H3,(H2,16,21)(H,17,18,19). The molecule has 0 spiro atoms. The number of nitrogens with zero attached hydrogens (tertiary/aromatic N) is 2. The number of nitrogens with one attached hydrogen (secondary N) is 1. The first-order chi connectivity index (χ1) is 10.1. The first kappa shape index (κ1) is 15.2. The zero-order chi connectivity index (χ0) is 15.2. The zero-order valence-electron chi connectivity index (χ0n) is 12.1. The highest BCUT2D eigenvalue weighted by Crippen LogP contribution is 2.13. The van der Waals surface area contributed by atoms with Crippen molar-refractivity contribution in [3.63, 3.8) is 0 Å². The van der Waals surface area contributed by atoms with Gasteiger partial charge in [0.05, 0.1) is 7.11 Å². The second kappa shape index (κ2) is 6.99. The van der Waals surface area contributed by atoms with E-state index in [1.807, 2.05) is 25.1 Å². The molecule has 1 aromatic heterocycles. The lowest BCUT2D eigenvalue weighted by Crippen LogP contribution is -2.15. The summed E-state index contributed by atoms with van der Waals surface area (Å²) in [5, 5.41) is 3.19. The average molecular weight is 302 g/mol. The molecule has 21 heavy (non-hydrogen) atoms. The minimum atomic E-state index is 0.274. The van der Waals surface area contributed by atoms with Crippen molar-refractivity contribution in [2.45, 2.75) is 13.3 Å². The molecule has 3 N–H and O–H groups in total. The molecule has 0 atom stereocenters. The van der Waals surface area contributed by atoms with E-state index in [2.05, 4.69) is 21.4 Å². The van der Waals surface area contributed by atoms with Gasteiger partial charge in [-0.25, -0.2) is 9.97 Å². The third kappa shape index (κ3) is 4.39. The lowest BCUT2D eigenvalue weighted by atomic mass is 10.1. The Kier molecular flexibility index (Phi) is 5.05. The van der Waals surface area contributed by atoms with Crippen LogP contribution in [0.3, 0.4) is 0 Å². The van der Waals surface area contributed by atoms with Gasteiger partial charge in [-0.2, -0.15) is 0 Å². The third-order valence-electron chi connectivity index (χ3n) is 2.94. The summed E-state index contributed by atoms with van der Waals surface area (Å²) < 4.78 is 5.20. The van der Waals surface area contributed by atoms with Crippen molar-refractivity contribution in [2.75, 3.05) is 19.0 Å². The van der Waals surface area contributed by atoms with Crippen LogP contribution in [0.15, 0.2) is 30.3 Å². The van der Waals surface area contributed by atoms with Crippen molar-refractivity contribution in [1.29, 1.82) is 0 Å². The number of methoxy groups -OCH3 is 1. The number of rotatable bonds is 6. The maximum Gasteiger partial charge on any atom is 0.223 e. The number of aromatic nitrogens is 2. The number of hydrogen-bond donors (Lipinski definition) is 2. The van der Waals surface area contributed by atoms with Gasteiger partial charge < -0.3 is 15.8 Å². The highest BCUT2D eigenvalue weighted by Gasteiger charge is 2.04. The number of benzene rings is 1. The largest absolute Gasteiger partial charge is 0.497 e. The molecule has 0 aliphatic carbocycles. The average Bonchev–Trinajstić information content (AvgIpc) is 2.47. The van der Waals surface area contributed by atoms with Gasteiger partial charge in [-0.1, -0.05) is 24.4 Å². The summed E-state index contributed by atoms with van der Waals surface area (Å²) in [5.74, 6) is 1.40. The van der Waals surface area contributed by atoms with Crippen molar-refractivity contribution in [3.8, 4) is 5.75 Å². The SMILES string of the molecule is COc1cccc(CCNc2nc(C)cc(C(N)=S)n2)c1. The molecule has 1 heterocycles. The summed E-state index contributed by atoms with van der Waals surface area (Å²) in [6.07, 6.45) is 0.844. The Balaban J connectivity index is 1.98. The van der Waals surface area contributed by atoms with E-state index in [1.165, 1.54) is 5.56 Å². The Morgan fingerprint density at radius 3 is 2.86 bits per heavy atom. The van der Waals surface area contributed by atoms with Gasteiger partial charge in [-0.05, 0) is 37.1 Å². The van der Waals surface area contributed by atoms with Crippen LogP contribution in [-0.4, -0.2) is 28.6 Å². The van der Waals surface area contributed by atoms with Crippen LogP contribution in [0.25, 0.3) is 0 Å². The zero-order valence-corrected chi connectivity index (χ0v) is 12.9. The number of nitrogens with two attached hydrogens (primary N) is 1. The molecule has 5 nitrogen and oxygen atoms in total. The van der Waals surface area contributed by atoms with Gasteiger partial charge in [-0.3, -0.25) is 0 Å². The van der Waals surface area contributed by atoms with Crippen molar-refractivity contribution in [3.05, 3.63) is 47.3 Å². The molecular weight excluding hydrogens is 284 g/mol. The van der Waals surface area contributed by atoms with Crippen molar-refractivity contribution in [2.24, 2.45) is 5.73 Å². The summed E-state index contributed by atoms with van der Waals surface area (Å²) in [6.45, 7) is 2.60. The number of anilines is 1. The third-order valence-corrected chi connectivity index (χ3v) is 3.15. The fourth-order valence-electron chi connectivity index (χ4n) is 1.92. The molecule has 0 amide bonds. The van der Waals surface area contributed by atoms with E-state index in [0.717, 1.165) is 17.9 Å². The summed E-state index contributed by atoms with van der Waals surface area (Å²) in [6, 6.07) is 9.74. The van der Waals surface area contributed by atoms with E-state index in [0.29, 0.717) is 18.2 Å². The minimum absolute atomic E-state index is 0.274. The molecule has 2 rings (SSSR count). The molecule has 0 unspecified atom stereocenters. The van der Waals surface area contributed by atoms with E-state index in [1.54, 1.807) is 13.2 Å². The molecule has 0 aliphatic rings. The Bertz CT molecular complexity index is 645. The van der Waals surface area contributed by atoms with Gasteiger partial charge in [-0.15, -0.1) is 0 Å². The van der Waals surface area contributed by atoms with Crippen LogP contribution in [-0.2, 0) is 6.42 Å². The molecule has 2 aromatic rings. The summed E-state index contributed by atoms with van der Waals surface area (Å²) in [7, 11) is 1.66. The van der Waals surface area contributed by atoms with Crippen LogP contribution in [0.2, 0.25) is 0 Å². The van der Waals surface area contributed by atoms with Crippen LogP contribution >= 0.6 is 12.2 Å². The topological polar surface area (TPSA) is 73.1 Å².